The summed E-state index contributed by atoms with van der Waals surface area (Å²) in [7, 11) is 1.71. The molecule has 6 heteroatoms. The Bertz CT molecular complexity index is 1150. The molecule has 0 atom stereocenters. The van der Waals surface area contributed by atoms with Gasteiger partial charge in [-0.1, -0.05) is 57.4 Å². The minimum Gasteiger partial charge on any atom is -0.294 e. The van der Waals surface area contributed by atoms with Crippen molar-refractivity contribution in [1.29, 1.82) is 0 Å². The van der Waals surface area contributed by atoms with Gasteiger partial charge >= 0.3 is 0 Å². The van der Waals surface area contributed by atoms with Gasteiger partial charge in [0, 0.05) is 25.0 Å². The highest BCUT2D eigenvalue weighted by atomic mass is 16.1. The number of para-hydroxylation sites is 1. The molecular formula is C26H33N5O. The van der Waals surface area contributed by atoms with Crippen LogP contribution in [0.25, 0.3) is 22.8 Å². The lowest BCUT2D eigenvalue weighted by atomic mass is 10.1. The normalized spacial score (nSPS) is 13.8. The zero-order chi connectivity index (χ0) is 23.1. The Kier molecular flexibility index (Phi) is 7.92. The average molecular weight is 432 g/mol. The van der Waals surface area contributed by atoms with Crippen molar-refractivity contribution in [2.24, 2.45) is 10.9 Å². The third-order valence-electron chi connectivity index (χ3n) is 5.54. The predicted octanol–water partition coefficient (Wildman–Crippen LogP) is 5.33. The number of nitrogens with zero attached hydrogens (tertiary/aromatic N) is 5. The Balaban J connectivity index is 0.000000509. The zero-order valence-electron chi connectivity index (χ0n) is 19.7. The molecule has 0 spiro atoms. The summed E-state index contributed by atoms with van der Waals surface area (Å²) in [6, 6.07) is 11.6. The van der Waals surface area contributed by atoms with E-state index >= 15 is 0 Å². The zero-order valence-corrected chi connectivity index (χ0v) is 19.7. The van der Waals surface area contributed by atoms with Crippen molar-refractivity contribution >= 4 is 11.9 Å². The lowest BCUT2D eigenvalue weighted by Gasteiger charge is -2.12. The summed E-state index contributed by atoms with van der Waals surface area (Å²) in [5, 5.41) is 9.20. The predicted molar refractivity (Wildman–Crippen MR) is 133 cm³/mol. The molecule has 1 aromatic carbocycles. The largest absolute Gasteiger partial charge is 0.294 e. The fourth-order valence-corrected chi connectivity index (χ4v) is 3.45. The molecule has 32 heavy (non-hydrogen) atoms. The maximum absolute atomic E-state index is 13.0. The van der Waals surface area contributed by atoms with Gasteiger partial charge in [0.1, 0.15) is 0 Å². The van der Waals surface area contributed by atoms with Crippen LogP contribution in [0.2, 0.25) is 0 Å². The Labute approximate surface area is 190 Å². The first kappa shape index (κ1) is 23.4. The molecule has 1 fully saturated rings. The quantitative estimate of drug-likeness (QED) is 0.495. The Morgan fingerprint density at radius 1 is 1.19 bits per heavy atom. The van der Waals surface area contributed by atoms with Gasteiger partial charge in [-0.2, -0.15) is 10.2 Å². The number of hydrogen-bond donors (Lipinski definition) is 0. The number of aromatic nitrogens is 4. The molecule has 168 valence electrons. The van der Waals surface area contributed by atoms with E-state index in [4.69, 9.17) is 0 Å². The summed E-state index contributed by atoms with van der Waals surface area (Å²) in [5.41, 5.74) is 4.19. The SMILES string of the molecule is C/C=C(\C=NC)n1cc(CC)c(=O)c(-c2cc(C)nn2-c2ccccc2)n1.CCC1CC1. The van der Waals surface area contributed by atoms with E-state index in [2.05, 4.69) is 22.1 Å². The van der Waals surface area contributed by atoms with Gasteiger partial charge < -0.3 is 0 Å². The molecule has 6 nitrogen and oxygen atoms in total. The van der Waals surface area contributed by atoms with Crippen LogP contribution < -0.4 is 5.43 Å². The van der Waals surface area contributed by atoms with E-state index in [0.29, 0.717) is 23.4 Å². The van der Waals surface area contributed by atoms with Gasteiger partial charge in [0.05, 0.1) is 22.8 Å². The first-order valence-corrected chi connectivity index (χ1v) is 11.4. The molecule has 2 aromatic heterocycles. The van der Waals surface area contributed by atoms with Crippen molar-refractivity contribution in [3.05, 3.63) is 70.2 Å². The highest BCUT2D eigenvalue weighted by Gasteiger charge is 2.18. The second-order valence-electron chi connectivity index (χ2n) is 8.00. The number of rotatable bonds is 6. The highest BCUT2D eigenvalue weighted by Crippen LogP contribution is 2.31. The number of allylic oxidation sites excluding steroid dienone is 2. The minimum absolute atomic E-state index is 0.0743. The molecule has 0 unspecified atom stereocenters. The smallest absolute Gasteiger partial charge is 0.212 e. The molecule has 0 N–H and O–H groups in total. The topological polar surface area (TPSA) is 65.1 Å². The van der Waals surface area contributed by atoms with Gasteiger partial charge in [0.2, 0.25) is 5.43 Å². The van der Waals surface area contributed by atoms with Crippen LogP contribution in [-0.2, 0) is 6.42 Å². The Hall–Kier alpha value is -3.28. The van der Waals surface area contributed by atoms with Gasteiger partial charge in [0.25, 0.3) is 0 Å². The van der Waals surface area contributed by atoms with Crippen molar-refractivity contribution in [2.75, 3.05) is 7.05 Å². The fourth-order valence-electron chi connectivity index (χ4n) is 3.45. The Morgan fingerprint density at radius 2 is 1.91 bits per heavy atom. The first-order valence-electron chi connectivity index (χ1n) is 11.4. The van der Waals surface area contributed by atoms with E-state index in [1.807, 2.05) is 63.2 Å². The first-order chi connectivity index (χ1) is 15.5. The molecule has 3 aromatic rings. The number of aliphatic imine (C=N–C) groups is 1. The molecule has 0 bridgehead atoms. The van der Waals surface area contributed by atoms with Crippen molar-refractivity contribution in [1.82, 2.24) is 19.6 Å². The molecule has 4 rings (SSSR count). The molecule has 0 amide bonds. The van der Waals surface area contributed by atoms with Crippen molar-refractivity contribution in [3.8, 4) is 17.1 Å². The van der Waals surface area contributed by atoms with Gasteiger partial charge in [0.15, 0.2) is 5.69 Å². The second-order valence-corrected chi connectivity index (χ2v) is 8.00. The van der Waals surface area contributed by atoms with E-state index < -0.39 is 0 Å². The van der Waals surface area contributed by atoms with Gasteiger partial charge in [-0.25, -0.2) is 9.36 Å². The second kappa shape index (κ2) is 10.8. The van der Waals surface area contributed by atoms with E-state index in [-0.39, 0.29) is 5.43 Å². The summed E-state index contributed by atoms with van der Waals surface area (Å²) < 4.78 is 3.48. The van der Waals surface area contributed by atoms with Crippen LogP contribution in [0.3, 0.4) is 0 Å². The van der Waals surface area contributed by atoms with E-state index in [0.717, 1.165) is 23.0 Å². The van der Waals surface area contributed by atoms with Crippen LogP contribution >= 0.6 is 0 Å². The molecule has 2 heterocycles. The van der Waals surface area contributed by atoms with Crippen molar-refractivity contribution in [2.45, 2.75) is 53.4 Å². The monoisotopic (exact) mass is 431 g/mol. The lowest BCUT2D eigenvalue weighted by Crippen LogP contribution is -2.20. The van der Waals surface area contributed by atoms with E-state index in [1.165, 1.54) is 19.3 Å². The van der Waals surface area contributed by atoms with E-state index in [9.17, 15) is 4.79 Å². The minimum atomic E-state index is -0.0743. The molecule has 0 saturated heterocycles. The lowest BCUT2D eigenvalue weighted by molar-refractivity contribution is 0.799. The molecular weight excluding hydrogens is 398 g/mol. The third kappa shape index (κ3) is 5.49. The molecule has 0 aliphatic heterocycles. The maximum Gasteiger partial charge on any atom is 0.212 e. The third-order valence-corrected chi connectivity index (χ3v) is 5.54. The van der Waals surface area contributed by atoms with Gasteiger partial charge in [-0.15, -0.1) is 0 Å². The van der Waals surface area contributed by atoms with Gasteiger partial charge in [-0.3, -0.25) is 9.79 Å². The number of benzene rings is 1. The highest BCUT2D eigenvalue weighted by molar-refractivity contribution is 6.01. The van der Waals surface area contributed by atoms with Crippen LogP contribution in [0.15, 0.2) is 58.5 Å². The molecule has 1 saturated carbocycles. The number of aryl methyl sites for hydroxylation is 2. The van der Waals surface area contributed by atoms with Crippen molar-refractivity contribution < 1.29 is 0 Å². The fraction of sp³-hybridized carbons (Fsp3) is 0.385. The standard InChI is InChI=1S/C21H23N5O.C5H10/c1-5-16-14-25(17(6-2)13-22-4)24-20(21(16)27)19-12-15(3)23-26(19)18-10-8-7-9-11-18;1-2-5-3-4-5/h6-14H,5H2,1-4H3;5H,2-4H2,1H3/b17-6+,22-13?;. The van der Waals surface area contributed by atoms with Crippen LogP contribution in [0.5, 0.6) is 0 Å². The van der Waals surface area contributed by atoms with Crippen LogP contribution in [0, 0.1) is 12.8 Å². The van der Waals surface area contributed by atoms with Crippen LogP contribution in [0.1, 0.15) is 51.3 Å². The summed E-state index contributed by atoms with van der Waals surface area (Å²) in [6.07, 6.45) is 10.5. The maximum atomic E-state index is 13.0. The average Bonchev–Trinajstić information content (AvgIpc) is 3.59. The Morgan fingerprint density at radius 3 is 2.44 bits per heavy atom. The van der Waals surface area contributed by atoms with Crippen LogP contribution in [0.4, 0.5) is 0 Å². The summed E-state index contributed by atoms with van der Waals surface area (Å²) in [5.74, 6) is 1.13. The van der Waals surface area contributed by atoms with Crippen LogP contribution in [-0.4, -0.2) is 32.8 Å². The van der Waals surface area contributed by atoms with Crippen molar-refractivity contribution in [3.63, 3.8) is 0 Å². The van der Waals surface area contributed by atoms with E-state index in [1.54, 1.807) is 28.8 Å². The molecule has 1 aliphatic carbocycles. The molecule has 1 aliphatic rings. The summed E-state index contributed by atoms with van der Waals surface area (Å²) >= 11 is 0. The number of hydrogen-bond acceptors (Lipinski definition) is 4. The summed E-state index contributed by atoms with van der Waals surface area (Å²) in [4.78, 5) is 17.1. The molecule has 0 radical (unpaired) electrons. The van der Waals surface area contributed by atoms with Gasteiger partial charge in [-0.05, 0) is 44.4 Å². The summed E-state index contributed by atoms with van der Waals surface area (Å²) in [6.45, 7) is 8.05.